The summed E-state index contributed by atoms with van der Waals surface area (Å²) in [5.74, 6) is -0.353. The van der Waals surface area contributed by atoms with Gasteiger partial charge in [0.05, 0.1) is 10.0 Å². The number of anilines is 1. The summed E-state index contributed by atoms with van der Waals surface area (Å²) in [6.45, 7) is 0.454. The van der Waals surface area contributed by atoms with E-state index in [9.17, 15) is 4.39 Å². The van der Waals surface area contributed by atoms with Crippen LogP contribution in [0.2, 0.25) is 15.1 Å². The molecule has 0 amide bonds. The molecule has 0 aliphatic rings. The van der Waals surface area contributed by atoms with Crippen molar-refractivity contribution < 1.29 is 4.39 Å². The largest absolute Gasteiger partial charge is 0.381 e. The molecule has 2 aromatic carbocycles. The molecule has 0 fully saturated rings. The predicted molar refractivity (Wildman–Crippen MR) is 75.2 cm³/mol. The van der Waals surface area contributed by atoms with E-state index >= 15 is 0 Å². The smallest absolute Gasteiger partial charge is 0.125 e. The minimum absolute atomic E-state index is 0.353. The highest BCUT2D eigenvalue weighted by molar-refractivity contribution is 6.42. The Morgan fingerprint density at radius 2 is 1.72 bits per heavy atom. The van der Waals surface area contributed by atoms with Gasteiger partial charge in [-0.1, -0.05) is 34.8 Å². The Morgan fingerprint density at radius 1 is 0.944 bits per heavy atom. The molecule has 0 aromatic heterocycles. The third-order valence-corrected chi connectivity index (χ3v) is 3.30. The molecule has 0 saturated carbocycles. The monoisotopic (exact) mass is 303 g/mol. The molecule has 0 spiro atoms. The molecule has 0 radical (unpaired) electrons. The maximum Gasteiger partial charge on any atom is 0.125 e. The van der Waals surface area contributed by atoms with Crippen LogP contribution in [-0.2, 0) is 6.54 Å². The number of rotatable bonds is 3. The first-order valence-corrected chi connectivity index (χ1v) is 6.32. The second kappa shape index (κ2) is 5.79. The van der Waals surface area contributed by atoms with Crippen molar-refractivity contribution in [2.45, 2.75) is 6.54 Å². The van der Waals surface area contributed by atoms with E-state index in [1.54, 1.807) is 24.3 Å². The van der Waals surface area contributed by atoms with Crippen LogP contribution >= 0.6 is 34.8 Å². The van der Waals surface area contributed by atoms with Gasteiger partial charge in [0.25, 0.3) is 0 Å². The van der Waals surface area contributed by atoms with Gasteiger partial charge in [0.1, 0.15) is 5.82 Å². The van der Waals surface area contributed by atoms with Gasteiger partial charge >= 0.3 is 0 Å². The Balaban J connectivity index is 2.08. The highest BCUT2D eigenvalue weighted by Gasteiger charge is 2.01. The number of halogens is 4. The molecular weight excluding hydrogens is 296 g/mol. The van der Waals surface area contributed by atoms with Gasteiger partial charge in [0.2, 0.25) is 0 Å². The summed E-state index contributed by atoms with van der Waals surface area (Å²) in [5, 5.41) is 4.46. The summed E-state index contributed by atoms with van der Waals surface area (Å²) in [5.41, 5.74) is 1.57. The fourth-order valence-electron chi connectivity index (χ4n) is 1.52. The standard InChI is InChI=1S/C13H9Cl3FN/c14-9-3-8(4-10(17)5-9)7-18-11-1-2-12(15)13(16)6-11/h1-6,18H,7H2. The van der Waals surface area contributed by atoms with Crippen molar-refractivity contribution in [3.63, 3.8) is 0 Å². The van der Waals surface area contributed by atoms with Crippen molar-refractivity contribution in [1.29, 1.82) is 0 Å². The van der Waals surface area contributed by atoms with Crippen molar-refractivity contribution in [3.05, 3.63) is 62.8 Å². The van der Waals surface area contributed by atoms with Crippen molar-refractivity contribution in [1.82, 2.24) is 0 Å². The SMILES string of the molecule is Fc1cc(Cl)cc(CNc2ccc(Cl)c(Cl)c2)c1. The van der Waals surface area contributed by atoms with Gasteiger partial charge in [-0.15, -0.1) is 0 Å². The lowest BCUT2D eigenvalue weighted by atomic mass is 10.2. The van der Waals surface area contributed by atoms with Crippen LogP contribution in [0.4, 0.5) is 10.1 Å². The minimum atomic E-state index is -0.353. The Hall–Kier alpha value is -0.960. The maximum atomic E-state index is 13.1. The minimum Gasteiger partial charge on any atom is -0.381 e. The van der Waals surface area contributed by atoms with Gasteiger partial charge in [-0.3, -0.25) is 0 Å². The van der Waals surface area contributed by atoms with E-state index in [4.69, 9.17) is 34.8 Å². The van der Waals surface area contributed by atoms with Crippen LogP contribution in [0.15, 0.2) is 36.4 Å². The topological polar surface area (TPSA) is 12.0 Å². The highest BCUT2D eigenvalue weighted by Crippen LogP contribution is 2.25. The summed E-state index contributed by atoms with van der Waals surface area (Å²) in [7, 11) is 0. The lowest BCUT2D eigenvalue weighted by molar-refractivity contribution is 0.626. The number of nitrogens with one attached hydrogen (secondary N) is 1. The molecule has 0 bridgehead atoms. The van der Waals surface area contributed by atoms with Gasteiger partial charge in [-0.25, -0.2) is 4.39 Å². The molecule has 0 aliphatic carbocycles. The normalized spacial score (nSPS) is 10.4. The van der Waals surface area contributed by atoms with Gasteiger partial charge in [0.15, 0.2) is 0 Å². The zero-order chi connectivity index (χ0) is 13.1. The Labute approximate surface area is 119 Å². The third kappa shape index (κ3) is 3.52. The van der Waals surface area contributed by atoms with Crippen LogP contribution in [0.25, 0.3) is 0 Å². The first-order valence-electron chi connectivity index (χ1n) is 5.18. The van der Waals surface area contributed by atoms with Crippen LogP contribution in [0, 0.1) is 5.82 Å². The van der Waals surface area contributed by atoms with Crippen molar-refractivity contribution >= 4 is 40.5 Å². The maximum absolute atomic E-state index is 13.1. The van der Waals surface area contributed by atoms with E-state index in [1.807, 2.05) is 0 Å². The van der Waals surface area contributed by atoms with Crippen LogP contribution in [0.3, 0.4) is 0 Å². The Morgan fingerprint density at radius 3 is 2.39 bits per heavy atom. The molecule has 18 heavy (non-hydrogen) atoms. The average Bonchev–Trinajstić information content (AvgIpc) is 2.29. The van der Waals surface area contributed by atoms with E-state index in [1.165, 1.54) is 12.1 Å². The quantitative estimate of drug-likeness (QED) is 0.800. The molecule has 2 aromatic rings. The van der Waals surface area contributed by atoms with Gasteiger partial charge in [-0.2, -0.15) is 0 Å². The van der Waals surface area contributed by atoms with E-state index in [0.717, 1.165) is 11.3 Å². The summed E-state index contributed by atoms with van der Waals surface area (Å²) >= 11 is 17.5. The predicted octanol–water partition coefficient (Wildman–Crippen LogP) is 5.40. The fraction of sp³-hybridized carbons (Fsp3) is 0.0769. The molecule has 1 nitrogen and oxygen atoms in total. The first kappa shape index (κ1) is 13.5. The molecule has 0 saturated heterocycles. The summed E-state index contributed by atoms with van der Waals surface area (Å²) in [4.78, 5) is 0. The molecule has 94 valence electrons. The second-order valence-electron chi connectivity index (χ2n) is 3.76. The molecule has 5 heteroatoms. The molecule has 0 heterocycles. The van der Waals surface area contributed by atoms with E-state index < -0.39 is 0 Å². The molecule has 0 aliphatic heterocycles. The number of hydrogen-bond acceptors (Lipinski definition) is 1. The zero-order valence-electron chi connectivity index (χ0n) is 9.18. The molecule has 0 unspecified atom stereocenters. The Bertz CT molecular complexity index is 552. The first-order chi connectivity index (χ1) is 8.54. The molecule has 1 N–H and O–H groups in total. The van der Waals surface area contributed by atoms with Crippen molar-refractivity contribution in [3.8, 4) is 0 Å². The molecule has 0 atom stereocenters. The average molecular weight is 305 g/mol. The van der Waals surface area contributed by atoms with Gasteiger partial charge in [-0.05, 0) is 42.0 Å². The van der Waals surface area contributed by atoms with Crippen LogP contribution in [0.1, 0.15) is 5.56 Å². The second-order valence-corrected chi connectivity index (χ2v) is 5.01. The van der Waals surface area contributed by atoms with Crippen LogP contribution in [0.5, 0.6) is 0 Å². The van der Waals surface area contributed by atoms with Crippen LogP contribution < -0.4 is 5.32 Å². The van der Waals surface area contributed by atoms with E-state index in [0.29, 0.717) is 21.6 Å². The highest BCUT2D eigenvalue weighted by atomic mass is 35.5. The summed E-state index contributed by atoms with van der Waals surface area (Å²) < 4.78 is 13.1. The Kier molecular flexibility index (Phi) is 4.33. The van der Waals surface area contributed by atoms with Gasteiger partial charge < -0.3 is 5.32 Å². The number of benzene rings is 2. The van der Waals surface area contributed by atoms with Gasteiger partial charge in [0, 0.05) is 17.3 Å². The fourth-order valence-corrected chi connectivity index (χ4v) is 2.07. The van der Waals surface area contributed by atoms with Crippen molar-refractivity contribution in [2.75, 3.05) is 5.32 Å². The third-order valence-electron chi connectivity index (χ3n) is 2.34. The van der Waals surface area contributed by atoms with Crippen molar-refractivity contribution in [2.24, 2.45) is 0 Å². The number of hydrogen-bond donors (Lipinski definition) is 1. The molecule has 2 rings (SSSR count). The zero-order valence-corrected chi connectivity index (χ0v) is 11.5. The lowest BCUT2D eigenvalue weighted by Gasteiger charge is -2.08. The van der Waals surface area contributed by atoms with Crippen LogP contribution in [-0.4, -0.2) is 0 Å². The molecular formula is C13H9Cl3FN. The van der Waals surface area contributed by atoms with E-state index in [2.05, 4.69) is 5.32 Å². The lowest BCUT2D eigenvalue weighted by Crippen LogP contribution is -1.99. The summed E-state index contributed by atoms with van der Waals surface area (Å²) in [6.07, 6.45) is 0. The van der Waals surface area contributed by atoms with E-state index in [-0.39, 0.29) is 5.82 Å². The summed E-state index contributed by atoms with van der Waals surface area (Å²) in [6, 6.07) is 9.61.